The van der Waals surface area contributed by atoms with Gasteiger partial charge in [-0.05, 0) is 29.8 Å². The van der Waals surface area contributed by atoms with Gasteiger partial charge in [-0.3, -0.25) is 0 Å². The summed E-state index contributed by atoms with van der Waals surface area (Å²) in [6, 6.07) is 13.9. The molecule has 2 aliphatic heterocycles. The topological polar surface area (TPSA) is 54.8 Å². The zero-order valence-corrected chi connectivity index (χ0v) is 14.4. The summed E-state index contributed by atoms with van der Waals surface area (Å²) in [6.45, 7) is 3.91. The molecule has 5 heteroatoms. The Morgan fingerprint density at radius 1 is 1.00 bits per heavy atom. The second-order valence-corrected chi connectivity index (χ2v) is 6.72. The van der Waals surface area contributed by atoms with Crippen molar-refractivity contribution in [1.29, 1.82) is 0 Å². The minimum atomic E-state index is 0.246. The van der Waals surface area contributed by atoms with E-state index in [1.165, 1.54) is 5.56 Å². The summed E-state index contributed by atoms with van der Waals surface area (Å²) < 4.78 is 11.2. The number of nitrogens with zero attached hydrogens (tertiary/aromatic N) is 2. The molecule has 2 aliphatic rings. The van der Waals surface area contributed by atoms with Gasteiger partial charge in [0.05, 0.1) is 31.0 Å². The molecule has 0 aliphatic carbocycles. The molecular formula is C21H20N2O3. The lowest BCUT2D eigenvalue weighted by Gasteiger charge is -2.29. The Hall–Kier alpha value is -2.79. The van der Waals surface area contributed by atoms with E-state index in [0.29, 0.717) is 6.61 Å². The first kappa shape index (κ1) is 15.5. The number of aromatic hydroxyl groups is 1. The molecule has 26 heavy (non-hydrogen) atoms. The number of fused-ring (bicyclic) bond motifs is 2. The van der Waals surface area contributed by atoms with Crippen LogP contribution >= 0.6 is 0 Å². The van der Waals surface area contributed by atoms with Gasteiger partial charge in [0.1, 0.15) is 11.5 Å². The second-order valence-electron chi connectivity index (χ2n) is 6.72. The Morgan fingerprint density at radius 2 is 1.88 bits per heavy atom. The van der Waals surface area contributed by atoms with Gasteiger partial charge in [0, 0.05) is 42.2 Å². The van der Waals surface area contributed by atoms with E-state index in [1.807, 2.05) is 24.3 Å². The maximum Gasteiger partial charge on any atom is 0.132 e. The summed E-state index contributed by atoms with van der Waals surface area (Å²) in [6.07, 6.45) is 0.922. The number of anilines is 1. The van der Waals surface area contributed by atoms with Crippen LogP contribution in [0.4, 0.5) is 5.69 Å². The molecule has 0 unspecified atom stereocenters. The van der Waals surface area contributed by atoms with Crippen LogP contribution in [-0.2, 0) is 11.2 Å². The fourth-order valence-electron chi connectivity index (χ4n) is 3.77. The number of hydrogen-bond acceptors (Lipinski definition) is 5. The van der Waals surface area contributed by atoms with Crippen molar-refractivity contribution in [2.45, 2.75) is 6.42 Å². The highest BCUT2D eigenvalue weighted by Gasteiger charge is 2.19. The zero-order chi connectivity index (χ0) is 17.5. The van der Waals surface area contributed by atoms with Crippen LogP contribution in [0.5, 0.6) is 11.5 Å². The largest absolute Gasteiger partial charge is 0.507 e. The number of benzene rings is 2. The summed E-state index contributed by atoms with van der Waals surface area (Å²) in [4.78, 5) is 7.06. The number of morpholine rings is 1. The molecule has 1 N–H and O–H groups in total. The third-order valence-corrected chi connectivity index (χ3v) is 5.14. The van der Waals surface area contributed by atoms with E-state index in [0.717, 1.165) is 66.3 Å². The third-order valence-electron chi connectivity index (χ3n) is 5.14. The van der Waals surface area contributed by atoms with E-state index in [-0.39, 0.29) is 5.75 Å². The van der Waals surface area contributed by atoms with E-state index in [2.05, 4.69) is 17.0 Å². The summed E-state index contributed by atoms with van der Waals surface area (Å²) in [5.41, 5.74) is 4.76. The summed E-state index contributed by atoms with van der Waals surface area (Å²) >= 11 is 0. The van der Waals surface area contributed by atoms with E-state index >= 15 is 0 Å². The highest BCUT2D eigenvalue weighted by molar-refractivity contribution is 5.91. The van der Waals surface area contributed by atoms with Gasteiger partial charge in [-0.1, -0.05) is 12.1 Å². The molecule has 0 spiro atoms. The highest BCUT2D eigenvalue weighted by atomic mass is 16.5. The average Bonchev–Trinajstić information content (AvgIpc) is 3.17. The molecule has 0 radical (unpaired) electrons. The van der Waals surface area contributed by atoms with Crippen molar-refractivity contribution in [3.8, 4) is 22.8 Å². The van der Waals surface area contributed by atoms with Crippen LogP contribution in [0.15, 0.2) is 42.5 Å². The maximum absolute atomic E-state index is 10.7. The van der Waals surface area contributed by atoms with Crippen LogP contribution in [-0.4, -0.2) is 43.0 Å². The van der Waals surface area contributed by atoms with Crippen molar-refractivity contribution in [1.82, 2.24) is 4.98 Å². The predicted octanol–water partition coefficient (Wildman–Crippen LogP) is 3.38. The lowest BCUT2D eigenvalue weighted by atomic mass is 10.0. The van der Waals surface area contributed by atoms with Crippen molar-refractivity contribution in [2.24, 2.45) is 0 Å². The van der Waals surface area contributed by atoms with Gasteiger partial charge in [0.2, 0.25) is 0 Å². The van der Waals surface area contributed by atoms with Gasteiger partial charge in [-0.15, -0.1) is 0 Å². The predicted molar refractivity (Wildman–Crippen MR) is 101 cm³/mol. The molecule has 3 aromatic rings. The molecule has 132 valence electrons. The first-order valence-electron chi connectivity index (χ1n) is 9.01. The molecule has 0 atom stereocenters. The molecule has 0 amide bonds. The average molecular weight is 348 g/mol. The van der Waals surface area contributed by atoms with Gasteiger partial charge < -0.3 is 19.5 Å². The molecule has 3 heterocycles. The highest BCUT2D eigenvalue weighted by Crippen LogP contribution is 2.39. The Labute approximate surface area is 151 Å². The molecule has 1 fully saturated rings. The molecule has 0 saturated carbocycles. The van der Waals surface area contributed by atoms with Crippen molar-refractivity contribution >= 4 is 16.6 Å². The number of hydrogen-bond donors (Lipinski definition) is 1. The van der Waals surface area contributed by atoms with Crippen LogP contribution in [0.3, 0.4) is 0 Å². The van der Waals surface area contributed by atoms with E-state index in [1.54, 1.807) is 6.07 Å². The van der Waals surface area contributed by atoms with E-state index in [9.17, 15) is 5.11 Å². The van der Waals surface area contributed by atoms with Gasteiger partial charge in [-0.2, -0.15) is 0 Å². The lowest BCUT2D eigenvalue weighted by Crippen LogP contribution is -2.36. The molecular weight excluding hydrogens is 328 g/mol. The molecule has 1 saturated heterocycles. The second kappa shape index (κ2) is 6.18. The molecule has 1 aromatic heterocycles. The van der Waals surface area contributed by atoms with Gasteiger partial charge in [0.15, 0.2) is 0 Å². The fourth-order valence-corrected chi connectivity index (χ4v) is 3.77. The van der Waals surface area contributed by atoms with E-state index in [4.69, 9.17) is 14.5 Å². The summed E-state index contributed by atoms with van der Waals surface area (Å²) in [7, 11) is 0. The molecule has 0 bridgehead atoms. The Bertz CT molecular complexity index is 980. The summed E-state index contributed by atoms with van der Waals surface area (Å²) in [5.74, 6) is 1.14. The lowest BCUT2D eigenvalue weighted by molar-refractivity contribution is 0.122. The fraction of sp³-hybridized carbons (Fsp3) is 0.286. The molecule has 5 rings (SSSR count). The van der Waals surface area contributed by atoms with Gasteiger partial charge in [0.25, 0.3) is 0 Å². The Balaban J connectivity index is 1.59. The Morgan fingerprint density at radius 3 is 2.77 bits per heavy atom. The maximum atomic E-state index is 10.7. The molecule has 5 nitrogen and oxygen atoms in total. The minimum Gasteiger partial charge on any atom is -0.507 e. The number of rotatable bonds is 2. The van der Waals surface area contributed by atoms with Crippen LogP contribution in [0.25, 0.3) is 22.2 Å². The first-order chi connectivity index (χ1) is 12.8. The monoisotopic (exact) mass is 348 g/mol. The van der Waals surface area contributed by atoms with Crippen LogP contribution < -0.4 is 9.64 Å². The smallest absolute Gasteiger partial charge is 0.132 e. The minimum absolute atomic E-state index is 0.246. The molecule has 2 aromatic carbocycles. The number of para-hydroxylation sites is 1. The zero-order valence-electron chi connectivity index (χ0n) is 14.4. The third kappa shape index (κ3) is 2.56. The normalized spacial score (nSPS) is 16.5. The van der Waals surface area contributed by atoms with Gasteiger partial charge in [-0.25, -0.2) is 4.98 Å². The Kier molecular flexibility index (Phi) is 3.68. The van der Waals surface area contributed by atoms with Crippen molar-refractivity contribution in [2.75, 3.05) is 37.8 Å². The van der Waals surface area contributed by atoms with Crippen LogP contribution in [0.2, 0.25) is 0 Å². The number of aromatic nitrogens is 1. The first-order valence-corrected chi connectivity index (χ1v) is 9.01. The standard InChI is InChI=1S/C21H20N2O3/c24-20-13-19(16-3-1-2-14-6-9-26-21(14)16)22-18-5-4-15(12-17(18)20)23-7-10-25-11-8-23/h1-5,12-13H,6-11H2,(H,22,24). The van der Waals surface area contributed by atoms with Gasteiger partial charge >= 0.3 is 0 Å². The van der Waals surface area contributed by atoms with Crippen LogP contribution in [0, 0.1) is 0 Å². The number of pyridine rings is 1. The number of ether oxygens (including phenoxy) is 2. The van der Waals surface area contributed by atoms with Crippen molar-refractivity contribution < 1.29 is 14.6 Å². The SMILES string of the molecule is Oc1cc(-c2cccc3c2OCC3)nc2ccc(N3CCOCC3)cc12. The van der Waals surface area contributed by atoms with Crippen molar-refractivity contribution in [3.63, 3.8) is 0 Å². The van der Waals surface area contributed by atoms with Crippen molar-refractivity contribution in [3.05, 3.63) is 48.0 Å². The summed E-state index contributed by atoms with van der Waals surface area (Å²) in [5, 5.41) is 11.4. The van der Waals surface area contributed by atoms with E-state index < -0.39 is 0 Å². The quantitative estimate of drug-likeness (QED) is 0.769. The van der Waals surface area contributed by atoms with Crippen LogP contribution in [0.1, 0.15) is 5.56 Å².